The molecule has 4 aliphatic carbocycles. The summed E-state index contributed by atoms with van der Waals surface area (Å²) in [4.78, 5) is 27.3. The lowest BCUT2D eigenvalue weighted by atomic mass is 9.44. The minimum atomic E-state index is -1.99. The number of hydrogen-bond acceptors (Lipinski definition) is 32. The molecule has 0 bridgehead atoms. The number of esters is 1. The Morgan fingerprint density at radius 1 is 0.505 bits per heavy atom. The molecule has 10 rings (SSSR count). The van der Waals surface area contributed by atoms with Gasteiger partial charge in [-0.05, 0) is 112 Å². The van der Waals surface area contributed by atoms with Gasteiger partial charge in [0, 0.05) is 6.42 Å². The van der Waals surface area contributed by atoms with E-state index >= 15 is 0 Å². The number of rotatable bonds is 21. The molecule has 6 heterocycles. The second-order valence-electron chi connectivity index (χ2n) is 28.3. The first-order chi connectivity index (χ1) is 44.0. The summed E-state index contributed by atoms with van der Waals surface area (Å²) in [6.45, 7) is 5.64. The van der Waals surface area contributed by atoms with Crippen LogP contribution in [0.15, 0.2) is 0 Å². The van der Waals surface area contributed by atoms with Crippen LogP contribution in [0.5, 0.6) is 0 Å². The molecule has 0 amide bonds. The highest BCUT2D eigenvalue weighted by molar-refractivity contribution is 5.81. The third kappa shape index (κ3) is 14.8. The maximum atomic E-state index is 13.7. The molecule has 17 N–H and O–H groups in total. The number of fused-ring (bicyclic) bond motifs is 5. The predicted octanol–water partition coefficient (Wildman–Crippen LogP) is -6.22. The van der Waals surface area contributed by atoms with Gasteiger partial charge in [0.05, 0.1) is 57.8 Å². The van der Waals surface area contributed by atoms with Gasteiger partial charge in [0.2, 0.25) is 0 Å². The summed E-state index contributed by atoms with van der Waals surface area (Å²) in [6.07, 6.45) is -43.3. The molecule has 0 aromatic heterocycles. The number of Topliss-reactive ketones (excluding diaryl/α,β-unsaturated/α-hetero) is 1. The SMILES string of the molecule is CC(=O)[C@H]1[C@@H](OC(=O)CC[C@H](C)CO[C@@H]2O[C@H](CO)[C@@H](O)[C@H](O)[C@H]2O)C[C@H]2[C@@H]3CC[C@H]4C[C@@H](O[C@@H]5O[C@H](CO)[C@H](O[C@@H]6O[C@H](CO)[C@@H](O)[C@H](O[C@@H]7OC[C@@H](O)[C@H](O)[C@H]7O)[C@H]6O[C@@H]6OC[C@@H](O)[C@H](O)[C@H]6O)[C@H](O)[C@H]5O[C@@H]5O[C@@H](C)[C@H](O)[C@@H](O)[C@H]5O)CC[C@]4(C)[C@H]3CC[C@@]21C. The molecule has 0 spiro atoms. The molecule has 536 valence electrons. The van der Waals surface area contributed by atoms with Crippen molar-refractivity contribution in [1.29, 1.82) is 0 Å². The third-order valence-electron chi connectivity index (χ3n) is 22.4. The van der Waals surface area contributed by atoms with Gasteiger partial charge in [-0.1, -0.05) is 20.8 Å². The van der Waals surface area contributed by atoms with Gasteiger partial charge in [-0.25, -0.2) is 0 Å². The fourth-order valence-corrected chi connectivity index (χ4v) is 17.0. The molecule has 0 radical (unpaired) electrons. The average molecular weight is 1350 g/mol. The number of carbonyl (C=O) groups excluding carboxylic acids is 2. The summed E-state index contributed by atoms with van der Waals surface area (Å²) in [5, 5.41) is 183. The largest absolute Gasteiger partial charge is 0.462 e. The maximum absolute atomic E-state index is 13.7. The molecule has 6 saturated heterocycles. The first kappa shape index (κ1) is 73.7. The highest BCUT2D eigenvalue weighted by atomic mass is 16.8. The maximum Gasteiger partial charge on any atom is 0.306 e. The quantitative estimate of drug-likeness (QED) is 0.0375. The lowest BCUT2D eigenvalue weighted by Crippen LogP contribution is -2.68. The number of aliphatic hydroxyl groups is 17. The Hall–Kier alpha value is -2.02. The van der Waals surface area contributed by atoms with E-state index in [-0.39, 0.29) is 53.8 Å². The minimum absolute atomic E-state index is 0.0142. The van der Waals surface area contributed by atoms with Crippen molar-refractivity contribution in [3.63, 3.8) is 0 Å². The Balaban J connectivity index is 0.832. The topological polar surface area (TPSA) is 498 Å². The first-order valence-electron chi connectivity index (χ1n) is 32.8. The first-order valence-corrected chi connectivity index (χ1v) is 32.8. The van der Waals surface area contributed by atoms with Crippen molar-refractivity contribution in [2.75, 3.05) is 39.6 Å². The molecule has 0 unspecified atom stereocenters. The van der Waals surface area contributed by atoms with Crippen molar-refractivity contribution < 1.29 is 158 Å². The van der Waals surface area contributed by atoms with Crippen molar-refractivity contribution in [1.82, 2.24) is 0 Å². The zero-order valence-electron chi connectivity index (χ0n) is 52.8. The van der Waals surface area contributed by atoms with Crippen molar-refractivity contribution in [3.05, 3.63) is 0 Å². The van der Waals surface area contributed by atoms with Gasteiger partial charge in [0.15, 0.2) is 37.7 Å². The second-order valence-corrected chi connectivity index (χ2v) is 28.3. The number of carbonyl (C=O) groups is 2. The summed E-state index contributed by atoms with van der Waals surface area (Å²) in [5.41, 5.74) is -0.674. The van der Waals surface area contributed by atoms with Crippen molar-refractivity contribution in [2.45, 2.75) is 283 Å². The van der Waals surface area contributed by atoms with E-state index in [0.717, 1.165) is 19.3 Å². The van der Waals surface area contributed by atoms with E-state index in [1.165, 1.54) is 6.92 Å². The highest BCUT2D eigenvalue weighted by Gasteiger charge is 2.65. The van der Waals surface area contributed by atoms with Crippen LogP contribution >= 0.6 is 0 Å². The van der Waals surface area contributed by atoms with Crippen LogP contribution in [0.4, 0.5) is 0 Å². The van der Waals surface area contributed by atoms with E-state index in [2.05, 4.69) is 13.8 Å². The van der Waals surface area contributed by atoms with Crippen LogP contribution in [0.3, 0.4) is 0 Å². The molecular formula is C61H100O32. The van der Waals surface area contributed by atoms with E-state index in [4.69, 9.17) is 61.6 Å². The Bertz CT molecular complexity index is 2440. The summed E-state index contributed by atoms with van der Waals surface area (Å²) >= 11 is 0. The van der Waals surface area contributed by atoms with Crippen LogP contribution in [-0.4, -0.2) is 322 Å². The van der Waals surface area contributed by atoms with Crippen molar-refractivity contribution in [3.8, 4) is 0 Å². The molecule has 93 heavy (non-hydrogen) atoms. The van der Waals surface area contributed by atoms with Crippen LogP contribution in [0.25, 0.3) is 0 Å². The fraction of sp³-hybridized carbons (Fsp3) is 0.967. The Morgan fingerprint density at radius 3 is 1.68 bits per heavy atom. The highest BCUT2D eigenvalue weighted by Crippen LogP contribution is 2.68. The predicted molar refractivity (Wildman–Crippen MR) is 305 cm³/mol. The molecule has 0 aromatic carbocycles. The molecule has 0 aromatic rings. The number of ketones is 1. The van der Waals surface area contributed by atoms with E-state index in [1.54, 1.807) is 6.92 Å². The third-order valence-corrected chi connectivity index (χ3v) is 22.4. The van der Waals surface area contributed by atoms with E-state index in [1.807, 2.05) is 6.92 Å². The van der Waals surface area contributed by atoms with E-state index in [0.29, 0.717) is 38.5 Å². The zero-order chi connectivity index (χ0) is 67.4. The Kier molecular flexibility index (Phi) is 24.1. The normalized spacial score (nSPS) is 52.3. The van der Waals surface area contributed by atoms with Gasteiger partial charge >= 0.3 is 5.97 Å². The number of hydrogen-bond donors (Lipinski definition) is 17. The molecular weight excluding hydrogens is 1240 g/mol. The van der Waals surface area contributed by atoms with Crippen LogP contribution < -0.4 is 0 Å². The summed E-state index contributed by atoms with van der Waals surface area (Å²) < 4.78 is 78.4. The summed E-state index contributed by atoms with van der Waals surface area (Å²) in [5.74, 6) is -0.750. The van der Waals surface area contributed by atoms with Crippen LogP contribution in [0, 0.1) is 46.3 Å². The van der Waals surface area contributed by atoms with Gasteiger partial charge in [-0.3, -0.25) is 9.59 Å². The smallest absolute Gasteiger partial charge is 0.306 e. The molecule has 4 saturated carbocycles. The van der Waals surface area contributed by atoms with Gasteiger partial charge in [-0.2, -0.15) is 0 Å². The molecule has 10 aliphatic rings. The number of aliphatic hydroxyl groups excluding tert-OH is 17. The van der Waals surface area contributed by atoms with Crippen LogP contribution in [0.1, 0.15) is 98.8 Å². The molecule has 32 nitrogen and oxygen atoms in total. The molecule has 32 heteroatoms. The fourth-order valence-electron chi connectivity index (χ4n) is 17.0. The zero-order valence-corrected chi connectivity index (χ0v) is 52.8. The molecule has 38 atom stereocenters. The molecule has 6 aliphatic heterocycles. The van der Waals surface area contributed by atoms with Gasteiger partial charge in [0.25, 0.3) is 0 Å². The summed E-state index contributed by atoms with van der Waals surface area (Å²) in [6, 6.07) is 0. The second kappa shape index (κ2) is 30.4. The van der Waals surface area contributed by atoms with Crippen LogP contribution in [-0.2, 0) is 71.2 Å². The Labute approximate surface area is 537 Å². The lowest BCUT2D eigenvalue weighted by molar-refractivity contribution is -0.408. The lowest BCUT2D eigenvalue weighted by Gasteiger charge is -2.61. The Morgan fingerprint density at radius 2 is 1.04 bits per heavy atom. The standard InChI is InChI=1S/C61H100O32/c1-22(19-81-54-47(78)44(75)41(72)33(16-62)87-54)6-9-36(68)86-32-15-29-27-8-7-25-14-26(10-12-60(25,4)28(27)11-13-61(29,5)37(32)23(2)65)85-58-52(92-57-48(79)43(74)38(69)24(3)84-57)49(80)50(35(18-64)89-58)90-59-53(93-56-46(77)40(71)31(67)21-83-56)51(42(73)34(17-63)88-59)91-55-45(76)39(70)30(66)20-82-55/h22,24-35,37-59,62-64,66-67,69-80H,6-21H2,1-5H3/t22-,24-,25-,26-,27+,28-,29-,30+,31+,32-,33+,34+,35+,37-,38-,39-,40-,41+,42+,43+,44-,45+,46+,47+,48+,49-,50-,51-,52+,53+,54+,55-,56-,57-,58+,59-,60-,61-/m0/s1. The number of ether oxygens (including phenoxy) is 13. The summed E-state index contributed by atoms with van der Waals surface area (Å²) in [7, 11) is 0. The van der Waals surface area contributed by atoms with Crippen LogP contribution in [0.2, 0.25) is 0 Å². The average Bonchev–Trinajstić information content (AvgIpc) is 1.65. The van der Waals surface area contributed by atoms with Gasteiger partial charge in [-0.15, -0.1) is 0 Å². The van der Waals surface area contributed by atoms with E-state index < -0.39 is 235 Å². The van der Waals surface area contributed by atoms with Crippen molar-refractivity contribution in [2.24, 2.45) is 46.3 Å². The van der Waals surface area contributed by atoms with Crippen molar-refractivity contribution >= 4 is 11.8 Å². The van der Waals surface area contributed by atoms with E-state index in [9.17, 15) is 96.4 Å². The van der Waals surface area contributed by atoms with Gasteiger partial charge in [0.1, 0.15) is 140 Å². The van der Waals surface area contributed by atoms with Gasteiger partial charge < -0.3 is 148 Å². The minimum Gasteiger partial charge on any atom is -0.462 e. The molecule has 10 fully saturated rings. The monoisotopic (exact) mass is 1340 g/mol.